The second kappa shape index (κ2) is 9.53. The molecule has 0 radical (unpaired) electrons. The van der Waals surface area contributed by atoms with Gasteiger partial charge in [-0.2, -0.15) is 0 Å². The molecule has 0 saturated carbocycles. The maximum atomic E-state index is 12.6. The first-order valence-electron chi connectivity index (χ1n) is 9.80. The number of aromatic hydroxyl groups is 1. The van der Waals surface area contributed by atoms with Crippen LogP contribution in [0.4, 0.5) is 5.82 Å². The Morgan fingerprint density at radius 2 is 1.61 bits per heavy atom. The molecule has 0 fully saturated rings. The maximum Gasteiger partial charge on any atom is 0.229 e. The van der Waals surface area contributed by atoms with E-state index in [2.05, 4.69) is 26.2 Å². The predicted octanol–water partition coefficient (Wildman–Crippen LogP) is 5.38. The van der Waals surface area contributed by atoms with Gasteiger partial charge in [0.25, 0.3) is 0 Å². The lowest BCUT2D eigenvalue weighted by Crippen LogP contribution is -2.17. The molecular formula is C25H20BrN3O2. The van der Waals surface area contributed by atoms with Crippen molar-refractivity contribution in [2.24, 2.45) is 0 Å². The van der Waals surface area contributed by atoms with E-state index in [-0.39, 0.29) is 18.1 Å². The van der Waals surface area contributed by atoms with E-state index in [1.807, 2.05) is 54.6 Å². The van der Waals surface area contributed by atoms with Crippen LogP contribution in [0.1, 0.15) is 16.8 Å². The standard InChI is InChI=1S/C25H20BrN3O2/c26-20-10-6-18(7-11-20)15-24(31)29-25-22(14-17-4-2-1-3-5-17)28-23(16-27-25)19-8-12-21(30)13-9-19/h1-13,16,30H,14-15H2,(H,27,29,31). The van der Waals surface area contributed by atoms with Gasteiger partial charge in [-0.3, -0.25) is 4.79 Å². The number of benzene rings is 3. The molecule has 4 aromatic rings. The van der Waals surface area contributed by atoms with E-state index in [0.717, 1.165) is 21.2 Å². The molecule has 0 aliphatic rings. The summed E-state index contributed by atoms with van der Waals surface area (Å²) in [6.45, 7) is 0. The third-order valence-electron chi connectivity index (χ3n) is 4.76. The number of halogens is 1. The number of nitrogens with one attached hydrogen (secondary N) is 1. The average Bonchev–Trinajstić information content (AvgIpc) is 2.78. The van der Waals surface area contributed by atoms with Crippen LogP contribution in [0.5, 0.6) is 5.75 Å². The van der Waals surface area contributed by atoms with Gasteiger partial charge in [0, 0.05) is 16.5 Å². The van der Waals surface area contributed by atoms with E-state index in [1.54, 1.807) is 30.5 Å². The Kier molecular flexibility index (Phi) is 6.38. The van der Waals surface area contributed by atoms with Gasteiger partial charge >= 0.3 is 0 Å². The van der Waals surface area contributed by atoms with Gasteiger partial charge in [-0.25, -0.2) is 9.97 Å². The van der Waals surface area contributed by atoms with Crippen molar-refractivity contribution in [3.63, 3.8) is 0 Å². The molecule has 0 saturated heterocycles. The van der Waals surface area contributed by atoms with E-state index in [0.29, 0.717) is 23.6 Å². The second-order valence-corrected chi connectivity index (χ2v) is 8.03. The fourth-order valence-electron chi connectivity index (χ4n) is 3.18. The molecule has 2 N–H and O–H groups in total. The lowest BCUT2D eigenvalue weighted by atomic mass is 10.1. The number of aromatic nitrogens is 2. The highest BCUT2D eigenvalue weighted by molar-refractivity contribution is 9.10. The molecule has 31 heavy (non-hydrogen) atoms. The highest BCUT2D eigenvalue weighted by Crippen LogP contribution is 2.23. The van der Waals surface area contributed by atoms with E-state index < -0.39 is 0 Å². The molecule has 0 unspecified atom stereocenters. The fraction of sp³-hybridized carbons (Fsp3) is 0.0800. The molecule has 0 aliphatic heterocycles. The number of hydrogen-bond acceptors (Lipinski definition) is 4. The minimum absolute atomic E-state index is 0.150. The number of nitrogens with zero attached hydrogens (tertiary/aromatic N) is 2. The van der Waals surface area contributed by atoms with Crippen LogP contribution in [-0.4, -0.2) is 21.0 Å². The van der Waals surface area contributed by atoms with Crippen LogP contribution in [0.25, 0.3) is 11.3 Å². The lowest BCUT2D eigenvalue weighted by molar-refractivity contribution is -0.115. The van der Waals surface area contributed by atoms with E-state index in [9.17, 15) is 9.90 Å². The summed E-state index contributed by atoms with van der Waals surface area (Å²) < 4.78 is 0.970. The quantitative estimate of drug-likeness (QED) is 0.393. The number of phenols is 1. The van der Waals surface area contributed by atoms with Gasteiger partial charge in [-0.1, -0.05) is 58.4 Å². The summed E-state index contributed by atoms with van der Waals surface area (Å²) in [5.41, 5.74) is 4.19. The van der Waals surface area contributed by atoms with Crippen molar-refractivity contribution in [1.82, 2.24) is 9.97 Å². The van der Waals surface area contributed by atoms with Crippen LogP contribution < -0.4 is 5.32 Å². The molecule has 1 aromatic heterocycles. The zero-order valence-electron chi connectivity index (χ0n) is 16.6. The van der Waals surface area contributed by atoms with Crippen LogP contribution in [0, 0.1) is 0 Å². The van der Waals surface area contributed by atoms with Gasteiger partial charge in [-0.15, -0.1) is 0 Å². The van der Waals surface area contributed by atoms with E-state index >= 15 is 0 Å². The van der Waals surface area contributed by atoms with Gasteiger partial charge < -0.3 is 10.4 Å². The molecule has 1 amide bonds. The Balaban J connectivity index is 1.61. The van der Waals surface area contributed by atoms with Crippen LogP contribution in [0.3, 0.4) is 0 Å². The number of phenolic OH excluding ortho intramolecular Hbond substituents is 1. The zero-order chi connectivity index (χ0) is 21.6. The van der Waals surface area contributed by atoms with Crippen molar-refractivity contribution in [2.45, 2.75) is 12.8 Å². The summed E-state index contributed by atoms with van der Waals surface area (Å²) in [6, 6.07) is 24.4. The SMILES string of the molecule is O=C(Cc1ccc(Br)cc1)Nc1ncc(-c2ccc(O)cc2)nc1Cc1ccccc1. The molecule has 0 spiro atoms. The molecule has 0 aliphatic carbocycles. The smallest absolute Gasteiger partial charge is 0.229 e. The highest BCUT2D eigenvalue weighted by Gasteiger charge is 2.13. The first-order valence-corrected chi connectivity index (χ1v) is 10.6. The number of carbonyl (C=O) groups excluding carboxylic acids is 1. The molecule has 0 atom stereocenters. The van der Waals surface area contributed by atoms with Crippen molar-refractivity contribution in [1.29, 1.82) is 0 Å². The normalized spacial score (nSPS) is 10.6. The maximum absolute atomic E-state index is 12.6. The van der Waals surface area contributed by atoms with Crippen LogP contribution in [-0.2, 0) is 17.6 Å². The topological polar surface area (TPSA) is 75.1 Å². The van der Waals surface area contributed by atoms with Crippen LogP contribution >= 0.6 is 15.9 Å². The Bertz CT molecular complexity index is 1180. The largest absolute Gasteiger partial charge is 0.508 e. The number of anilines is 1. The summed E-state index contributed by atoms with van der Waals surface area (Å²) in [5, 5.41) is 12.5. The molecule has 154 valence electrons. The van der Waals surface area contributed by atoms with Crippen molar-refractivity contribution in [3.05, 3.63) is 106 Å². The molecular weight excluding hydrogens is 454 g/mol. The van der Waals surface area contributed by atoms with Crippen molar-refractivity contribution >= 4 is 27.7 Å². The summed E-state index contributed by atoms with van der Waals surface area (Å²) in [6.07, 6.45) is 2.42. The number of rotatable bonds is 6. The van der Waals surface area contributed by atoms with E-state index in [1.165, 1.54) is 0 Å². The van der Waals surface area contributed by atoms with Crippen LogP contribution in [0.15, 0.2) is 89.5 Å². The molecule has 5 nitrogen and oxygen atoms in total. The number of carbonyl (C=O) groups is 1. The predicted molar refractivity (Wildman–Crippen MR) is 125 cm³/mol. The Hall–Kier alpha value is -3.51. The van der Waals surface area contributed by atoms with Crippen LogP contribution in [0.2, 0.25) is 0 Å². The number of hydrogen-bond donors (Lipinski definition) is 2. The van der Waals surface area contributed by atoms with Gasteiger partial charge in [-0.05, 0) is 47.5 Å². The Morgan fingerprint density at radius 1 is 0.903 bits per heavy atom. The van der Waals surface area contributed by atoms with Crippen molar-refractivity contribution < 1.29 is 9.90 Å². The summed E-state index contributed by atoms with van der Waals surface area (Å²) in [5.74, 6) is 0.495. The molecule has 3 aromatic carbocycles. The summed E-state index contributed by atoms with van der Waals surface area (Å²) in [7, 11) is 0. The molecule has 4 rings (SSSR count). The Labute approximate surface area is 189 Å². The minimum Gasteiger partial charge on any atom is -0.508 e. The summed E-state index contributed by atoms with van der Waals surface area (Å²) in [4.78, 5) is 21.9. The minimum atomic E-state index is -0.150. The third kappa shape index (κ3) is 5.55. The zero-order valence-corrected chi connectivity index (χ0v) is 18.2. The first kappa shape index (κ1) is 20.8. The third-order valence-corrected chi connectivity index (χ3v) is 5.29. The van der Waals surface area contributed by atoms with Crippen molar-refractivity contribution in [3.8, 4) is 17.0 Å². The average molecular weight is 474 g/mol. The van der Waals surface area contributed by atoms with Gasteiger partial charge in [0.2, 0.25) is 5.91 Å². The van der Waals surface area contributed by atoms with Gasteiger partial charge in [0.15, 0.2) is 5.82 Å². The summed E-state index contributed by atoms with van der Waals surface area (Å²) >= 11 is 3.40. The van der Waals surface area contributed by atoms with E-state index in [4.69, 9.17) is 4.98 Å². The van der Waals surface area contributed by atoms with Crippen molar-refractivity contribution in [2.75, 3.05) is 5.32 Å². The molecule has 6 heteroatoms. The molecule has 0 bridgehead atoms. The fourth-order valence-corrected chi connectivity index (χ4v) is 3.44. The van der Waals surface area contributed by atoms with Gasteiger partial charge in [0.05, 0.1) is 24.0 Å². The molecule has 1 heterocycles. The van der Waals surface area contributed by atoms with Gasteiger partial charge in [0.1, 0.15) is 5.75 Å². The second-order valence-electron chi connectivity index (χ2n) is 7.11. The first-order chi connectivity index (χ1) is 15.1. The highest BCUT2D eigenvalue weighted by atomic mass is 79.9. The number of amides is 1. The lowest BCUT2D eigenvalue weighted by Gasteiger charge is -2.12. The monoisotopic (exact) mass is 473 g/mol. The Morgan fingerprint density at radius 3 is 2.32 bits per heavy atom.